The lowest BCUT2D eigenvalue weighted by Gasteiger charge is -2.02. The van der Waals surface area contributed by atoms with E-state index in [2.05, 4.69) is 15.0 Å². The third kappa shape index (κ3) is 2.59. The lowest BCUT2D eigenvalue weighted by molar-refractivity contribution is 0.415. The minimum atomic E-state index is -0.0821. The van der Waals surface area contributed by atoms with Crippen LogP contribution >= 0.6 is 11.3 Å². The second kappa shape index (κ2) is 5.93. The molecular formula is C17H14N4O2S. The van der Waals surface area contributed by atoms with Crippen LogP contribution in [0.3, 0.4) is 0 Å². The van der Waals surface area contributed by atoms with Crippen LogP contribution in [-0.4, -0.2) is 26.6 Å². The molecule has 3 aromatic heterocycles. The lowest BCUT2D eigenvalue weighted by atomic mass is 10.2. The maximum atomic E-state index is 12.4. The van der Waals surface area contributed by atoms with Gasteiger partial charge in [0, 0.05) is 22.8 Å². The Bertz CT molecular complexity index is 1060. The summed E-state index contributed by atoms with van der Waals surface area (Å²) in [6, 6.07) is 9.55. The van der Waals surface area contributed by atoms with Gasteiger partial charge in [0.25, 0.3) is 5.56 Å². The number of methoxy groups -OCH3 is 1. The molecule has 0 saturated carbocycles. The molecular weight excluding hydrogens is 324 g/mol. The highest BCUT2D eigenvalue weighted by Crippen LogP contribution is 2.28. The van der Waals surface area contributed by atoms with E-state index in [4.69, 9.17) is 4.74 Å². The van der Waals surface area contributed by atoms with E-state index in [1.165, 1.54) is 0 Å². The first-order valence-corrected chi connectivity index (χ1v) is 8.18. The molecule has 0 saturated heterocycles. The lowest BCUT2D eigenvalue weighted by Crippen LogP contribution is -2.20. The van der Waals surface area contributed by atoms with Gasteiger partial charge >= 0.3 is 0 Å². The van der Waals surface area contributed by atoms with Crippen molar-refractivity contribution < 1.29 is 4.74 Å². The highest BCUT2D eigenvalue weighted by atomic mass is 32.1. The third-order valence-electron chi connectivity index (χ3n) is 3.73. The molecule has 0 aliphatic carbocycles. The topological polar surface area (TPSA) is 72.8 Å². The Balaban J connectivity index is 1.64. The Labute approximate surface area is 141 Å². The zero-order valence-electron chi connectivity index (χ0n) is 12.9. The number of aromatic amines is 1. The molecule has 7 heteroatoms. The van der Waals surface area contributed by atoms with E-state index in [1.807, 2.05) is 24.3 Å². The maximum Gasteiger partial charge on any atom is 0.277 e. The summed E-state index contributed by atoms with van der Waals surface area (Å²) in [7, 11) is 1.64. The molecule has 0 bridgehead atoms. The number of hydrogen-bond acceptors (Lipinski definition) is 5. The molecule has 0 unspecified atom stereocenters. The van der Waals surface area contributed by atoms with Gasteiger partial charge in [-0.3, -0.25) is 9.36 Å². The SMILES string of the molecule is COc1cccc(-c2ncc(Cn3cnc4cc[nH]c4c3=O)s2)c1. The maximum absolute atomic E-state index is 12.4. The molecule has 4 rings (SSSR count). The summed E-state index contributed by atoms with van der Waals surface area (Å²) >= 11 is 1.55. The predicted molar refractivity (Wildman–Crippen MR) is 93.6 cm³/mol. The highest BCUT2D eigenvalue weighted by molar-refractivity contribution is 7.15. The van der Waals surface area contributed by atoms with Gasteiger partial charge in [-0.2, -0.15) is 0 Å². The van der Waals surface area contributed by atoms with Crippen molar-refractivity contribution in [3.8, 4) is 16.3 Å². The summed E-state index contributed by atoms with van der Waals surface area (Å²) in [5.74, 6) is 0.793. The Morgan fingerprint density at radius 2 is 2.21 bits per heavy atom. The molecule has 0 atom stereocenters. The molecule has 0 radical (unpaired) electrons. The van der Waals surface area contributed by atoms with Crippen LogP contribution in [0.15, 0.2) is 53.8 Å². The van der Waals surface area contributed by atoms with Crippen molar-refractivity contribution in [2.45, 2.75) is 6.54 Å². The first-order chi connectivity index (χ1) is 11.7. The van der Waals surface area contributed by atoms with E-state index >= 15 is 0 Å². The number of aromatic nitrogens is 4. The van der Waals surface area contributed by atoms with Crippen molar-refractivity contribution in [3.05, 3.63) is 64.3 Å². The molecule has 0 spiro atoms. The second-order valence-electron chi connectivity index (χ2n) is 5.28. The predicted octanol–water partition coefficient (Wildman–Crippen LogP) is 2.91. The fraction of sp³-hybridized carbons (Fsp3) is 0.118. The summed E-state index contributed by atoms with van der Waals surface area (Å²) in [4.78, 5) is 25.1. The van der Waals surface area contributed by atoms with E-state index in [0.29, 0.717) is 17.6 Å². The van der Waals surface area contributed by atoms with Crippen molar-refractivity contribution in [3.63, 3.8) is 0 Å². The number of nitrogens with one attached hydrogen (secondary N) is 1. The van der Waals surface area contributed by atoms with Crippen LogP contribution in [0.25, 0.3) is 21.6 Å². The Morgan fingerprint density at radius 1 is 1.29 bits per heavy atom. The molecule has 4 aromatic rings. The van der Waals surface area contributed by atoms with Gasteiger partial charge in [0.15, 0.2) is 0 Å². The van der Waals surface area contributed by atoms with Crippen molar-refractivity contribution >= 4 is 22.4 Å². The smallest absolute Gasteiger partial charge is 0.277 e. The largest absolute Gasteiger partial charge is 0.497 e. The Hall–Kier alpha value is -2.93. The highest BCUT2D eigenvalue weighted by Gasteiger charge is 2.09. The normalized spacial score (nSPS) is 11.0. The molecule has 0 fully saturated rings. The van der Waals surface area contributed by atoms with Gasteiger partial charge in [-0.25, -0.2) is 9.97 Å². The summed E-state index contributed by atoms with van der Waals surface area (Å²) in [5, 5.41) is 0.894. The number of thiazole rings is 1. The summed E-state index contributed by atoms with van der Waals surface area (Å²) in [5.41, 5.74) is 2.12. The zero-order chi connectivity index (χ0) is 16.5. The van der Waals surface area contributed by atoms with Crippen LogP contribution in [0.4, 0.5) is 0 Å². The Morgan fingerprint density at radius 3 is 3.08 bits per heavy atom. The number of nitrogens with zero attached hydrogens (tertiary/aromatic N) is 3. The number of ether oxygens (including phenoxy) is 1. The van der Waals surface area contributed by atoms with E-state index in [0.717, 1.165) is 21.2 Å². The molecule has 6 nitrogen and oxygen atoms in total. The standard InChI is InChI=1S/C17H14N4O2S/c1-23-12-4-2-3-11(7-12)16-19-8-13(24-16)9-21-10-20-14-5-6-18-15(14)17(21)22/h2-8,10,18H,9H2,1H3. The quantitative estimate of drug-likeness (QED) is 0.621. The zero-order valence-corrected chi connectivity index (χ0v) is 13.7. The van der Waals surface area contributed by atoms with Gasteiger partial charge in [-0.15, -0.1) is 11.3 Å². The number of hydrogen-bond donors (Lipinski definition) is 1. The van der Waals surface area contributed by atoms with Gasteiger partial charge < -0.3 is 9.72 Å². The average molecular weight is 338 g/mol. The van der Waals surface area contributed by atoms with Crippen molar-refractivity contribution in [1.29, 1.82) is 0 Å². The van der Waals surface area contributed by atoms with Crippen LogP contribution in [0.5, 0.6) is 5.75 Å². The Kier molecular flexibility index (Phi) is 3.62. The van der Waals surface area contributed by atoms with Crippen molar-refractivity contribution in [1.82, 2.24) is 19.5 Å². The molecule has 1 aromatic carbocycles. The van der Waals surface area contributed by atoms with Crippen LogP contribution in [0, 0.1) is 0 Å². The van der Waals surface area contributed by atoms with E-state index in [-0.39, 0.29) is 5.56 Å². The van der Waals surface area contributed by atoms with Gasteiger partial charge in [-0.05, 0) is 18.2 Å². The van der Waals surface area contributed by atoms with Crippen LogP contribution < -0.4 is 10.3 Å². The summed E-state index contributed by atoms with van der Waals surface area (Å²) in [6.07, 6.45) is 5.09. The second-order valence-corrected chi connectivity index (χ2v) is 6.39. The van der Waals surface area contributed by atoms with Crippen LogP contribution in [0.1, 0.15) is 4.88 Å². The van der Waals surface area contributed by atoms with Crippen LogP contribution in [0.2, 0.25) is 0 Å². The monoisotopic (exact) mass is 338 g/mol. The minimum Gasteiger partial charge on any atom is -0.497 e. The molecule has 0 aliphatic rings. The summed E-state index contributed by atoms with van der Waals surface area (Å²) in [6.45, 7) is 0.447. The fourth-order valence-electron chi connectivity index (χ4n) is 2.52. The first-order valence-electron chi connectivity index (χ1n) is 7.36. The first kappa shape index (κ1) is 14.6. The van der Waals surface area contributed by atoms with Crippen molar-refractivity contribution in [2.24, 2.45) is 0 Å². The van der Waals surface area contributed by atoms with Gasteiger partial charge in [-0.1, -0.05) is 12.1 Å². The molecule has 0 aliphatic heterocycles. The molecule has 3 heterocycles. The number of rotatable bonds is 4. The number of benzene rings is 1. The van der Waals surface area contributed by atoms with Gasteiger partial charge in [0.1, 0.15) is 16.3 Å². The minimum absolute atomic E-state index is 0.0821. The van der Waals surface area contributed by atoms with Crippen LogP contribution in [-0.2, 0) is 6.54 Å². The van der Waals surface area contributed by atoms with E-state index < -0.39 is 0 Å². The van der Waals surface area contributed by atoms with Crippen molar-refractivity contribution in [2.75, 3.05) is 7.11 Å². The molecule has 120 valence electrons. The number of H-pyrrole nitrogens is 1. The number of fused-ring (bicyclic) bond motifs is 1. The van der Waals surface area contributed by atoms with E-state index in [9.17, 15) is 4.79 Å². The van der Waals surface area contributed by atoms with Gasteiger partial charge in [0.05, 0.1) is 25.5 Å². The molecule has 24 heavy (non-hydrogen) atoms. The third-order valence-corrected chi connectivity index (χ3v) is 4.76. The molecule has 1 N–H and O–H groups in total. The van der Waals surface area contributed by atoms with Gasteiger partial charge in [0.2, 0.25) is 0 Å². The fourth-order valence-corrected chi connectivity index (χ4v) is 3.43. The summed E-state index contributed by atoms with van der Waals surface area (Å²) < 4.78 is 6.83. The van der Waals surface area contributed by atoms with E-state index in [1.54, 1.807) is 47.8 Å². The molecule has 0 amide bonds. The average Bonchev–Trinajstić information content (AvgIpc) is 3.27.